The molecule has 5 heterocycles. The Labute approximate surface area is 309 Å². The van der Waals surface area contributed by atoms with E-state index in [1.54, 1.807) is 0 Å². The molecule has 4 fully saturated rings. The minimum atomic E-state index is -0.512. The topological polar surface area (TPSA) is 80.3 Å². The van der Waals surface area contributed by atoms with Gasteiger partial charge in [0.05, 0.1) is 23.3 Å². The lowest BCUT2D eigenvalue weighted by molar-refractivity contribution is 0.0122. The van der Waals surface area contributed by atoms with Gasteiger partial charge in [-0.1, -0.05) is 36.4 Å². The fourth-order valence-corrected chi connectivity index (χ4v) is 10.6. The van der Waals surface area contributed by atoms with Crippen LogP contribution < -0.4 is 14.4 Å². The molecule has 3 aromatic rings. The van der Waals surface area contributed by atoms with Crippen molar-refractivity contribution in [2.45, 2.75) is 133 Å². The number of aromatic nitrogens is 2. The van der Waals surface area contributed by atoms with E-state index in [1.807, 2.05) is 31.7 Å². The molecule has 276 valence electrons. The Balaban J connectivity index is 1.02. The normalized spacial score (nSPS) is 26.2. The second-order valence-electron chi connectivity index (χ2n) is 17.5. The summed E-state index contributed by atoms with van der Waals surface area (Å²) in [5.41, 5.74) is 6.10. The molecule has 1 amide bonds. The first kappa shape index (κ1) is 34.0. The predicted molar refractivity (Wildman–Crippen MR) is 201 cm³/mol. The van der Waals surface area contributed by atoms with Gasteiger partial charge in [0.2, 0.25) is 0 Å². The van der Waals surface area contributed by atoms with Gasteiger partial charge in [-0.2, -0.15) is 9.97 Å². The molecule has 1 aromatic heterocycles. The molecule has 9 rings (SSSR count). The summed E-state index contributed by atoms with van der Waals surface area (Å²) >= 11 is 0. The molecule has 2 bridgehead atoms. The number of aryl methyl sites for hydroxylation is 1. The van der Waals surface area contributed by atoms with Crippen molar-refractivity contribution in [2.75, 3.05) is 37.7 Å². The van der Waals surface area contributed by atoms with Crippen LogP contribution in [0.3, 0.4) is 0 Å². The van der Waals surface area contributed by atoms with E-state index in [1.165, 1.54) is 67.4 Å². The molecular weight excluding hydrogens is 651 g/mol. The van der Waals surface area contributed by atoms with E-state index >= 15 is 0 Å². The zero-order valence-corrected chi connectivity index (χ0v) is 31.4. The number of piperazine rings is 1. The molecule has 4 aliphatic heterocycles. The maximum absolute atomic E-state index is 13.3. The third-order valence-corrected chi connectivity index (χ3v) is 13.1. The van der Waals surface area contributed by atoms with Gasteiger partial charge in [0.15, 0.2) is 0 Å². The third-order valence-electron chi connectivity index (χ3n) is 13.1. The van der Waals surface area contributed by atoms with E-state index in [2.05, 4.69) is 52.3 Å². The minimum Gasteiger partial charge on any atom is -0.489 e. The Kier molecular flexibility index (Phi) is 8.63. The van der Waals surface area contributed by atoms with Crippen molar-refractivity contribution in [1.29, 1.82) is 0 Å². The summed E-state index contributed by atoms with van der Waals surface area (Å²) in [6, 6.07) is 18.0. The maximum atomic E-state index is 13.3. The summed E-state index contributed by atoms with van der Waals surface area (Å²) in [5, 5.41) is 0. The van der Waals surface area contributed by atoms with Gasteiger partial charge in [0, 0.05) is 24.1 Å². The van der Waals surface area contributed by atoms with Crippen LogP contribution in [0.5, 0.6) is 11.8 Å². The molecule has 3 atom stereocenters. The molecule has 1 unspecified atom stereocenters. The summed E-state index contributed by atoms with van der Waals surface area (Å²) in [6.45, 7) is 10.9. The molecule has 9 heteroatoms. The quantitative estimate of drug-likeness (QED) is 0.252. The molecule has 6 aliphatic rings. The number of hydrogen-bond acceptors (Lipinski definition) is 8. The SMILES string of the molecule is CC(C)(C)OC(=O)N1[C@@H]2CC[C@H]1CN(c1nc(OCC34CCCN3CCC4)nc3c1CCC1(CCCc4ccc(OCc5ccccc5)cc41)C3)C2. The summed E-state index contributed by atoms with van der Waals surface area (Å²) in [7, 11) is 0. The van der Waals surface area contributed by atoms with Crippen molar-refractivity contribution in [3.05, 3.63) is 76.5 Å². The maximum Gasteiger partial charge on any atom is 0.410 e. The largest absolute Gasteiger partial charge is 0.489 e. The molecule has 4 saturated heterocycles. The van der Waals surface area contributed by atoms with E-state index in [0.29, 0.717) is 19.2 Å². The van der Waals surface area contributed by atoms with Gasteiger partial charge in [-0.3, -0.25) is 9.80 Å². The molecule has 1 spiro atoms. The highest BCUT2D eigenvalue weighted by Crippen LogP contribution is 2.49. The summed E-state index contributed by atoms with van der Waals surface area (Å²) < 4.78 is 19.0. The van der Waals surface area contributed by atoms with Crippen LogP contribution in [-0.2, 0) is 36.0 Å². The lowest BCUT2D eigenvalue weighted by Crippen LogP contribution is -2.57. The lowest BCUT2D eigenvalue weighted by Gasteiger charge is -2.45. The smallest absolute Gasteiger partial charge is 0.410 e. The number of fused-ring (bicyclic) bond motifs is 6. The van der Waals surface area contributed by atoms with E-state index in [4.69, 9.17) is 24.2 Å². The van der Waals surface area contributed by atoms with Crippen molar-refractivity contribution < 1.29 is 19.0 Å². The highest BCUT2D eigenvalue weighted by atomic mass is 16.6. The Morgan fingerprint density at radius 1 is 0.885 bits per heavy atom. The molecular formula is C43H55N5O4. The average molecular weight is 706 g/mol. The standard InChI is InChI=1S/C43H55N5O4/c1-41(2,3)52-40(49)48-32-14-15-33(48)27-46(26-32)38-35-17-21-42(25-37(35)44-39(45-38)51-29-43-19-8-22-47(43)23-9-20-43)18-7-12-31-13-16-34(24-36(31)42)50-28-30-10-5-4-6-11-30/h4-6,10-11,13,16,24,32-33H,7-9,12,14-15,17-23,25-29H2,1-3H3/t32-,33+,42?. The van der Waals surface area contributed by atoms with Gasteiger partial charge in [0.25, 0.3) is 0 Å². The number of ether oxygens (including phenoxy) is 3. The van der Waals surface area contributed by atoms with Gasteiger partial charge >= 0.3 is 12.1 Å². The summed E-state index contributed by atoms with van der Waals surface area (Å²) in [5.74, 6) is 1.97. The average Bonchev–Trinajstić information content (AvgIpc) is 3.80. The highest BCUT2D eigenvalue weighted by Gasteiger charge is 2.48. The van der Waals surface area contributed by atoms with Crippen molar-refractivity contribution in [1.82, 2.24) is 19.8 Å². The van der Waals surface area contributed by atoms with Crippen LogP contribution in [-0.4, -0.2) is 81.9 Å². The van der Waals surface area contributed by atoms with Crippen molar-refractivity contribution >= 4 is 11.9 Å². The molecule has 2 aliphatic carbocycles. The van der Waals surface area contributed by atoms with Crippen LogP contribution in [0, 0.1) is 0 Å². The van der Waals surface area contributed by atoms with Crippen molar-refractivity contribution in [3.8, 4) is 11.8 Å². The fourth-order valence-electron chi connectivity index (χ4n) is 10.6. The van der Waals surface area contributed by atoms with Gasteiger partial charge in [-0.05, 0) is 140 Å². The first-order valence-electron chi connectivity index (χ1n) is 20.0. The fraction of sp³-hybridized carbons (Fsp3) is 0.605. The van der Waals surface area contributed by atoms with Crippen molar-refractivity contribution in [2.24, 2.45) is 0 Å². The number of hydrogen-bond donors (Lipinski definition) is 0. The number of anilines is 1. The lowest BCUT2D eigenvalue weighted by atomic mass is 9.62. The number of nitrogens with zero attached hydrogens (tertiary/aromatic N) is 5. The van der Waals surface area contributed by atoms with Gasteiger partial charge in [-0.15, -0.1) is 0 Å². The highest BCUT2D eigenvalue weighted by molar-refractivity contribution is 5.70. The minimum absolute atomic E-state index is 0.0103. The molecule has 0 radical (unpaired) electrons. The van der Waals surface area contributed by atoms with Crippen LogP contribution in [0.15, 0.2) is 48.5 Å². The molecule has 2 aromatic carbocycles. The van der Waals surface area contributed by atoms with Gasteiger partial charge in [0.1, 0.15) is 30.4 Å². The number of benzene rings is 2. The zero-order chi connectivity index (χ0) is 35.5. The van der Waals surface area contributed by atoms with E-state index < -0.39 is 5.60 Å². The predicted octanol–water partition coefficient (Wildman–Crippen LogP) is 7.41. The number of rotatable bonds is 7. The molecule has 0 saturated carbocycles. The summed E-state index contributed by atoms with van der Waals surface area (Å²) in [4.78, 5) is 31.0. The molecule has 52 heavy (non-hydrogen) atoms. The van der Waals surface area contributed by atoms with Crippen LogP contribution in [0.25, 0.3) is 0 Å². The van der Waals surface area contributed by atoms with E-state index in [-0.39, 0.29) is 29.1 Å². The van der Waals surface area contributed by atoms with Gasteiger partial charge in [-0.25, -0.2) is 4.79 Å². The summed E-state index contributed by atoms with van der Waals surface area (Å²) in [6.07, 6.45) is 13.0. The van der Waals surface area contributed by atoms with Crippen molar-refractivity contribution in [3.63, 3.8) is 0 Å². The Bertz CT molecular complexity index is 1780. The second-order valence-corrected chi connectivity index (χ2v) is 17.5. The molecule has 9 nitrogen and oxygen atoms in total. The van der Waals surface area contributed by atoms with Crippen LogP contribution >= 0.6 is 0 Å². The van der Waals surface area contributed by atoms with E-state index in [9.17, 15) is 4.79 Å². The van der Waals surface area contributed by atoms with E-state index in [0.717, 1.165) is 75.3 Å². The zero-order valence-electron chi connectivity index (χ0n) is 31.4. The van der Waals surface area contributed by atoms with Crippen LogP contribution in [0.1, 0.15) is 107 Å². The first-order chi connectivity index (χ1) is 25.2. The van der Waals surface area contributed by atoms with Crippen LogP contribution in [0.2, 0.25) is 0 Å². The third kappa shape index (κ3) is 6.31. The van der Waals surface area contributed by atoms with Gasteiger partial charge < -0.3 is 19.1 Å². The monoisotopic (exact) mass is 705 g/mol. The second kappa shape index (κ2) is 13.2. The number of amides is 1. The Morgan fingerprint density at radius 2 is 1.65 bits per heavy atom. The Morgan fingerprint density at radius 3 is 2.40 bits per heavy atom. The Hall–Kier alpha value is -3.85. The number of carbonyl (C=O) groups excluding carboxylic acids is 1. The van der Waals surface area contributed by atoms with Crippen LogP contribution in [0.4, 0.5) is 10.6 Å². The first-order valence-corrected chi connectivity index (χ1v) is 20.0. The number of carbonyl (C=O) groups is 1. The molecule has 0 N–H and O–H groups in total.